The molecule has 26 heavy (non-hydrogen) atoms. The first kappa shape index (κ1) is 21.2. The molecule has 0 amide bonds. The fourth-order valence-corrected chi connectivity index (χ4v) is 2.35. The summed E-state index contributed by atoms with van der Waals surface area (Å²) < 4.78 is 25.6. The number of nitrogens with zero attached hydrogens (tertiary/aromatic N) is 3. The van der Waals surface area contributed by atoms with Crippen molar-refractivity contribution in [2.24, 2.45) is 5.11 Å². The highest BCUT2D eigenvalue weighted by Gasteiger charge is 2.51. The van der Waals surface area contributed by atoms with Gasteiger partial charge < -0.3 is 23.7 Å². The van der Waals surface area contributed by atoms with Crippen molar-refractivity contribution in [3.8, 4) is 0 Å². The van der Waals surface area contributed by atoms with E-state index in [0.717, 1.165) is 27.7 Å². The molecule has 144 valence electrons. The van der Waals surface area contributed by atoms with Gasteiger partial charge in [0.2, 0.25) is 0 Å². The van der Waals surface area contributed by atoms with Gasteiger partial charge in [-0.3, -0.25) is 19.2 Å². The van der Waals surface area contributed by atoms with Gasteiger partial charge in [0.15, 0.2) is 24.5 Å². The van der Waals surface area contributed by atoms with Gasteiger partial charge in [-0.15, -0.1) is 0 Å². The lowest BCUT2D eigenvalue weighted by atomic mass is 9.97. The van der Waals surface area contributed by atoms with Crippen molar-refractivity contribution < 1.29 is 42.9 Å². The highest BCUT2D eigenvalue weighted by atomic mass is 16.7. The molecule has 0 saturated carbocycles. The van der Waals surface area contributed by atoms with E-state index in [1.807, 2.05) is 0 Å². The first-order valence-electron chi connectivity index (χ1n) is 7.50. The topological polar surface area (TPSA) is 163 Å². The van der Waals surface area contributed by atoms with E-state index in [-0.39, 0.29) is 6.61 Å². The summed E-state index contributed by atoms with van der Waals surface area (Å²) >= 11 is 0. The molecule has 12 nitrogen and oxygen atoms in total. The minimum atomic E-state index is -1.40. The fourth-order valence-electron chi connectivity index (χ4n) is 2.35. The predicted molar refractivity (Wildman–Crippen MR) is 81.1 cm³/mol. The Morgan fingerprint density at radius 3 is 1.85 bits per heavy atom. The van der Waals surface area contributed by atoms with Crippen molar-refractivity contribution in [3.63, 3.8) is 0 Å². The van der Waals surface area contributed by atoms with E-state index in [1.54, 1.807) is 0 Å². The van der Waals surface area contributed by atoms with Crippen LogP contribution in [-0.2, 0) is 42.9 Å². The molecular formula is C14H19N3O9. The summed E-state index contributed by atoms with van der Waals surface area (Å²) in [4.78, 5) is 48.0. The van der Waals surface area contributed by atoms with Crippen LogP contribution in [0.3, 0.4) is 0 Å². The standard InChI is InChI=1S/C14H19N3O9/c1-6(18)22-5-10-11(23-7(2)19)12(24-8(3)20)13(25-9(4)21)14(26-10)16-17-15/h10-14H,5H2,1-4H3/t10-,11+,12+,13-,14+/m1/s1. The number of hydrogen-bond acceptors (Lipinski definition) is 10. The molecule has 5 atom stereocenters. The predicted octanol–water partition coefficient (Wildman–Crippen LogP) is 0.380. The molecule has 0 unspecified atom stereocenters. The molecule has 1 aliphatic rings. The van der Waals surface area contributed by atoms with Gasteiger partial charge >= 0.3 is 23.9 Å². The summed E-state index contributed by atoms with van der Waals surface area (Å²) in [5.41, 5.74) is 8.71. The molecule has 1 fully saturated rings. The van der Waals surface area contributed by atoms with Crippen LogP contribution in [0.25, 0.3) is 10.4 Å². The third kappa shape index (κ3) is 6.22. The van der Waals surface area contributed by atoms with Crippen LogP contribution in [0.5, 0.6) is 0 Å². The minimum absolute atomic E-state index is 0.380. The molecule has 0 aromatic heterocycles. The summed E-state index contributed by atoms with van der Waals surface area (Å²) in [6.45, 7) is 4.06. The van der Waals surface area contributed by atoms with Crippen molar-refractivity contribution in [1.82, 2.24) is 0 Å². The Balaban J connectivity index is 3.28. The quantitative estimate of drug-likeness (QED) is 0.210. The van der Waals surface area contributed by atoms with E-state index in [1.165, 1.54) is 0 Å². The van der Waals surface area contributed by atoms with Gasteiger partial charge in [-0.25, -0.2) is 0 Å². The fraction of sp³-hybridized carbons (Fsp3) is 0.714. The summed E-state index contributed by atoms with van der Waals surface area (Å²) in [6.07, 6.45) is -6.52. The maximum atomic E-state index is 11.5. The first-order chi connectivity index (χ1) is 12.1. The number of azide groups is 1. The molecular weight excluding hydrogens is 354 g/mol. The molecule has 0 spiro atoms. The lowest BCUT2D eigenvalue weighted by Crippen LogP contribution is -2.61. The molecule has 12 heteroatoms. The molecule has 1 aliphatic heterocycles. The Bertz CT molecular complexity index is 617. The maximum Gasteiger partial charge on any atom is 0.303 e. The monoisotopic (exact) mass is 373 g/mol. The van der Waals surface area contributed by atoms with E-state index in [2.05, 4.69) is 10.0 Å². The van der Waals surface area contributed by atoms with Crippen LogP contribution in [0.2, 0.25) is 0 Å². The lowest BCUT2D eigenvalue weighted by molar-refractivity contribution is -0.251. The second kappa shape index (κ2) is 9.59. The molecule has 1 rings (SSSR count). The van der Waals surface area contributed by atoms with E-state index in [4.69, 9.17) is 29.2 Å². The number of carbonyl (C=O) groups is 4. The van der Waals surface area contributed by atoms with E-state index >= 15 is 0 Å². The SMILES string of the molecule is CC(=O)OC[C@H]1O[C@H](N=[N+]=[N-])[C@H](OC(C)=O)[C@@H](OC(C)=O)[C@H]1OC(C)=O. The van der Waals surface area contributed by atoms with Crippen LogP contribution < -0.4 is 0 Å². The Morgan fingerprint density at radius 1 is 0.885 bits per heavy atom. The average Bonchev–Trinajstić information content (AvgIpc) is 2.50. The highest BCUT2D eigenvalue weighted by Crippen LogP contribution is 2.29. The minimum Gasteiger partial charge on any atom is -0.463 e. The van der Waals surface area contributed by atoms with Gasteiger partial charge in [0.25, 0.3) is 0 Å². The van der Waals surface area contributed by atoms with E-state index in [0.29, 0.717) is 0 Å². The van der Waals surface area contributed by atoms with Gasteiger partial charge in [0, 0.05) is 32.6 Å². The van der Waals surface area contributed by atoms with Crippen molar-refractivity contribution in [2.75, 3.05) is 6.61 Å². The van der Waals surface area contributed by atoms with Gasteiger partial charge in [0.05, 0.1) is 0 Å². The first-order valence-corrected chi connectivity index (χ1v) is 7.50. The normalized spacial score (nSPS) is 27.5. The third-order valence-corrected chi connectivity index (χ3v) is 3.13. The Hall–Kier alpha value is -2.85. The number of esters is 4. The smallest absolute Gasteiger partial charge is 0.303 e. The van der Waals surface area contributed by atoms with Gasteiger partial charge in [-0.1, -0.05) is 5.11 Å². The van der Waals surface area contributed by atoms with Crippen LogP contribution in [0.15, 0.2) is 5.11 Å². The Morgan fingerprint density at radius 2 is 1.38 bits per heavy atom. The van der Waals surface area contributed by atoms with Crippen LogP contribution in [0.4, 0.5) is 0 Å². The molecule has 1 saturated heterocycles. The zero-order valence-corrected chi connectivity index (χ0v) is 14.6. The Labute approximate surface area is 148 Å². The molecule has 0 N–H and O–H groups in total. The second-order valence-electron chi connectivity index (χ2n) is 5.29. The molecule has 0 bridgehead atoms. The van der Waals surface area contributed by atoms with Gasteiger partial charge in [0.1, 0.15) is 12.7 Å². The molecule has 0 radical (unpaired) electrons. The summed E-state index contributed by atoms with van der Waals surface area (Å²) in [5, 5.41) is 3.38. The summed E-state index contributed by atoms with van der Waals surface area (Å²) in [7, 11) is 0. The lowest BCUT2D eigenvalue weighted by Gasteiger charge is -2.43. The highest BCUT2D eigenvalue weighted by molar-refractivity contribution is 5.68. The Kier molecular flexibility index (Phi) is 7.81. The van der Waals surface area contributed by atoms with Crippen molar-refractivity contribution in [1.29, 1.82) is 0 Å². The number of carbonyl (C=O) groups excluding carboxylic acids is 4. The number of hydrogen-bond donors (Lipinski definition) is 0. The van der Waals surface area contributed by atoms with Crippen LogP contribution in [-0.4, -0.2) is 61.1 Å². The number of rotatable bonds is 6. The zero-order valence-electron chi connectivity index (χ0n) is 14.6. The van der Waals surface area contributed by atoms with Gasteiger partial charge in [-0.05, 0) is 5.53 Å². The summed E-state index contributed by atoms with van der Waals surface area (Å²) in [6, 6.07) is 0. The van der Waals surface area contributed by atoms with Crippen LogP contribution in [0.1, 0.15) is 27.7 Å². The van der Waals surface area contributed by atoms with E-state index in [9.17, 15) is 19.2 Å². The third-order valence-electron chi connectivity index (χ3n) is 3.13. The van der Waals surface area contributed by atoms with Crippen LogP contribution in [0, 0.1) is 0 Å². The zero-order chi connectivity index (χ0) is 19.9. The maximum absolute atomic E-state index is 11.5. The second-order valence-corrected chi connectivity index (χ2v) is 5.29. The molecule has 0 aromatic carbocycles. The van der Waals surface area contributed by atoms with Crippen molar-refractivity contribution >= 4 is 23.9 Å². The largest absolute Gasteiger partial charge is 0.463 e. The number of ether oxygens (including phenoxy) is 5. The molecule has 0 aromatic rings. The van der Waals surface area contributed by atoms with Crippen LogP contribution >= 0.6 is 0 Å². The summed E-state index contributed by atoms with van der Waals surface area (Å²) in [5.74, 6) is -2.92. The molecule has 1 heterocycles. The average molecular weight is 373 g/mol. The van der Waals surface area contributed by atoms with Crippen molar-refractivity contribution in [3.05, 3.63) is 10.4 Å². The van der Waals surface area contributed by atoms with E-state index < -0.39 is 54.5 Å². The molecule has 0 aliphatic carbocycles. The van der Waals surface area contributed by atoms with Gasteiger partial charge in [-0.2, -0.15) is 0 Å². The van der Waals surface area contributed by atoms with Crippen molar-refractivity contribution in [2.45, 2.75) is 58.3 Å².